The minimum atomic E-state index is -1.74. The molecule has 0 N–H and O–H groups in total. The minimum Gasteiger partial charge on any atom is -0.545 e. The molecule has 0 aromatic heterocycles. The SMILES string of the molecule is O=C([O-])c1ccc2c(cc([N+](=O)[O-])c3ccccc32)c1C(=O)[O-]. The molecular weight excluding hydrogens is 302 g/mol. The van der Waals surface area contributed by atoms with Crippen molar-refractivity contribution in [1.29, 1.82) is 0 Å². The summed E-state index contributed by atoms with van der Waals surface area (Å²) in [4.78, 5) is 33.1. The van der Waals surface area contributed by atoms with Crippen LogP contribution in [0.5, 0.6) is 0 Å². The highest BCUT2D eigenvalue weighted by Gasteiger charge is 2.18. The van der Waals surface area contributed by atoms with Crippen molar-refractivity contribution in [2.24, 2.45) is 0 Å². The lowest BCUT2D eigenvalue weighted by Crippen LogP contribution is -2.30. The molecular formula is C16H7NO6-2. The molecule has 0 aliphatic rings. The second kappa shape index (κ2) is 5.06. The number of non-ortho nitro benzene ring substituents is 1. The number of nitrogens with zero attached hydrogens (tertiary/aromatic N) is 1. The van der Waals surface area contributed by atoms with Crippen LogP contribution in [0, 0.1) is 10.1 Å². The maximum Gasteiger partial charge on any atom is 0.277 e. The zero-order valence-electron chi connectivity index (χ0n) is 11.4. The predicted molar refractivity (Wildman–Crippen MR) is 76.8 cm³/mol. The number of benzene rings is 3. The highest BCUT2D eigenvalue weighted by Crippen LogP contribution is 2.35. The summed E-state index contributed by atoms with van der Waals surface area (Å²) < 4.78 is 0. The van der Waals surface area contributed by atoms with E-state index in [0.29, 0.717) is 16.2 Å². The number of carboxylic acid groups (broad SMARTS) is 2. The molecule has 0 radical (unpaired) electrons. The van der Waals surface area contributed by atoms with Gasteiger partial charge in [0.15, 0.2) is 0 Å². The van der Waals surface area contributed by atoms with Gasteiger partial charge in [-0.3, -0.25) is 10.1 Å². The van der Waals surface area contributed by atoms with Gasteiger partial charge >= 0.3 is 0 Å². The largest absolute Gasteiger partial charge is 0.545 e. The van der Waals surface area contributed by atoms with Gasteiger partial charge in [0, 0.05) is 17.2 Å². The van der Waals surface area contributed by atoms with Crippen molar-refractivity contribution in [3.63, 3.8) is 0 Å². The standard InChI is InChI=1S/C16H9NO6/c18-15(19)11-6-5-9-8-3-1-2-4-10(8)13(17(22)23)7-12(9)14(11)16(20)21/h1-7H,(H,18,19)(H,20,21)/p-2. The quantitative estimate of drug-likeness (QED) is 0.397. The lowest BCUT2D eigenvalue weighted by Gasteiger charge is -2.16. The van der Waals surface area contributed by atoms with E-state index in [9.17, 15) is 29.9 Å². The molecule has 0 bridgehead atoms. The minimum absolute atomic E-state index is 0.0721. The zero-order valence-corrected chi connectivity index (χ0v) is 11.4. The van der Waals surface area contributed by atoms with E-state index in [1.807, 2.05) is 0 Å². The Hall–Kier alpha value is -3.48. The van der Waals surface area contributed by atoms with Crippen molar-refractivity contribution in [2.45, 2.75) is 0 Å². The van der Waals surface area contributed by atoms with Gasteiger partial charge in [0.25, 0.3) is 5.69 Å². The first-order valence-electron chi connectivity index (χ1n) is 6.47. The second-order valence-electron chi connectivity index (χ2n) is 4.86. The molecule has 0 amide bonds. The van der Waals surface area contributed by atoms with E-state index in [0.717, 1.165) is 12.1 Å². The molecule has 7 heteroatoms. The van der Waals surface area contributed by atoms with Gasteiger partial charge in [-0.25, -0.2) is 0 Å². The van der Waals surface area contributed by atoms with Gasteiger partial charge in [-0.15, -0.1) is 0 Å². The first-order chi connectivity index (χ1) is 10.9. The van der Waals surface area contributed by atoms with E-state index in [4.69, 9.17) is 0 Å². The summed E-state index contributed by atoms with van der Waals surface area (Å²) in [5, 5.41) is 34.9. The zero-order chi connectivity index (χ0) is 16.7. The van der Waals surface area contributed by atoms with E-state index < -0.39 is 28.0 Å². The van der Waals surface area contributed by atoms with Crippen LogP contribution in [0.3, 0.4) is 0 Å². The van der Waals surface area contributed by atoms with Crippen molar-refractivity contribution in [3.05, 3.63) is 63.7 Å². The maximum absolute atomic E-state index is 11.4. The predicted octanol–water partition coefficient (Wildman–Crippen LogP) is 0.628. The molecule has 23 heavy (non-hydrogen) atoms. The van der Waals surface area contributed by atoms with E-state index in [-0.39, 0.29) is 11.1 Å². The molecule has 0 aliphatic heterocycles. The molecule has 0 heterocycles. The molecule has 0 aliphatic carbocycles. The van der Waals surface area contributed by atoms with E-state index in [2.05, 4.69) is 0 Å². The monoisotopic (exact) mass is 309 g/mol. The number of carboxylic acids is 2. The number of carbonyl (C=O) groups excluding carboxylic acids is 2. The van der Waals surface area contributed by atoms with Gasteiger partial charge < -0.3 is 19.8 Å². The number of hydrogen-bond acceptors (Lipinski definition) is 6. The van der Waals surface area contributed by atoms with E-state index in [1.165, 1.54) is 12.1 Å². The van der Waals surface area contributed by atoms with Crippen LogP contribution >= 0.6 is 0 Å². The Morgan fingerprint density at radius 2 is 1.43 bits per heavy atom. The third-order valence-corrected chi connectivity index (χ3v) is 3.64. The van der Waals surface area contributed by atoms with Crippen molar-refractivity contribution < 1.29 is 24.7 Å². The fourth-order valence-electron chi connectivity index (χ4n) is 2.70. The van der Waals surface area contributed by atoms with Crippen molar-refractivity contribution in [2.75, 3.05) is 0 Å². The topological polar surface area (TPSA) is 123 Å². The molecule has 3 aromatic carbocycles. The summed E-state index contributed by atoms with van der Waals surface area (Å²) in [5.41, 5.74) is -1.52. The average Bonchev–Trinajstić information content (AvgIpc) is 2.52. The molecule has 0 spiro atoms. The van der Waals surface area contributed by atoms with Gasteiger partial charge in [-0.2, -0.15) is 0 Å². The lowest BCUT2D eigenvalue weighted by atomic mass is 9.94. The summed E-state index contributed by atoms with van der Waals surface area (Å²) in [7, 11) is 0. The molecule has 0 saturated heterocycles. The van der Waals surface area contributed by atoms with Crippen LogP contribution < -0.4 is 10.2 Å². The highest BCUT2D eigenvalue weighted by molar-refractivity contribution is 6.19. The number of hydrogen-bond donors (Lipinski definition) is 0. The number of carbonyl (C=O) groups is 2. The number of nitro groups is 1. The molecule has 0 unspecified atom stereocenters. The van der Waals surface area contributed by atoms with E-state index >= 15 is 0 Å². The molecule has 3 rings (SSSR count). The first-order valence-corrected chi connectivity index (χ1v) is 6.47. The Kier molecular flexibility index (Phi) is 3.18. The molecule has 0 fully saturated rings. The third kappa shape index (κ3) is 2.15. The summed E-state index contributed by atoms with van der Waals surface area (Å²) in [5.74, 6) is -3.43. The summed E-state index contributed by atoms with van der Waals surface area (Å²) in [6.45, 7) is 0. The fraction of sp³-hybridized carbons (Fsp3) is 0. The summed E-state index contributed by atoms with van der Waals surface area (Å²) in [6, 6.07) is 9.96. The Morgan fingerprint density at radius 3 is 2.00 bits per heavy atom. The van der Waals surface area contributed by atoms with Gasteiger partial charge in [-0.05, 0) is 22.2 Å². The smallest absolute Gasteiger partial charge is 0.277 e. The van der Waals surface area contributed by atoms with Gasteiger partial charge in [0.05, 0.1) is 22.2 Å². The lowest BCUT2D eigenvalue weighted by molar-refractivity contribution is -0.382. The van der Waals surface area contributed by atoms with Crippen LogP contribution in [0.2, 0.25) is 0 Å². The van der Waals surface area contributed by atoms with Crippen LogP contribution in [0.25, 0.3) is 21.5 Å². The van der Waals surface area contributed by atoms with Crippen LogP contribution in [0.4, 0.5) is 5.69 Å². The van der Waals surface area contributed by atoms with Gasteiger partial charge in [0.1, 0.15) is 0 Å². The molecule has 0 atom stereocenters. The van der Waals surface area contributed by atoms with Crippen molar-refractivity contribution >= 4 is 39.2 Å². The van der Waals surface area contributed by atoms with E-state index in [1.54, 1.807) is 18.2 Å². The molecule has 114 valence electrons. The van der Waals surface area contributed by atoms with Crippen LogP contribution in [0.1, 0.15) is 20.7 Å². The second-order valence-corrected chi connectivity index (χ2v) is 4.86. The Bertz CT molecular complexity index is 1010. The van der Waals surface area contributed by atoms with Crippen molar-refractivity contribution in [3.8, 4) is 0 Å². The maximum atomic E-state index is 11.4. The number of fused-ring (bicyclic) bond motifs is 3. The number of nitro benzene ring substituents is 1. The Balaban J connectivity index is 2.61. The first kappa shape index (κ1) is 14.5. The van der Waals surface area contributed by atoms with Crippen molar-refractivity contribution in [1.82, 2.24) is 0 Å². The fourth-order valence-corrected chi connectivity index (χ4v) is 2.70. The Morgan fingerprint density at radius 1 is 0.826 bits per heavy atom. The van der Waals surface area contributed by atoms with Gasteiger partial charge in [0.2, 0.25) is 0 Å². The summed E-state index contributed by atoms with van der Waals surface area (Å²) >= 11 is 0. The highest BCUT2D eigenvalue weighted by atomic mass is 16.6. The van der Waals surface area contributed by atoms with Crippen LogP contribution in [-0.4, -0.2) is 16.9 Å². The number of aromatic carboxylic acids is 2. The van der Waals surface area contributed by atoms with Crippen LogP contribution in [-0.2, 0) is 0 Å². The van der Waals surface area contributed by atoms with Gasteiger partial charge in [-0.1, -0.05) is 30.3 Å². The average molecular weight is 309 g/mol. The number of rotatable bonds is 3. The Labute approximate surface area is 128 Å². The summed E-state index contributed by atoms with van der Waals surface area (Å²) in [6.07, 6.45) is 0. The third-order valence-electron chi connectivity index (χ3n) is 3.64. The normalized spacial score (nSPS) is 10.8. The molecule has 7 nitrogen and oxygen atoms in total. The molecule has 0 saturated carbocycles. The molecule has 3 aromatic rings. The van der Waals surface area contributed by atoms with Crippen LogP contribution in [0.15, 0.2) is 42.5 Å².